The average molecular weight is 488 g/mol. The molecule has 4 aromatic rings. The van der Waals surface area contributed by atoms with Gasteiger partial charge < -0.3 is 5.32 Å². The van der Waals surface area contributed by atoms with Gasteiger partial charge >= 0.3 is 0 Å². The summed E-state index contributed by atoms with van der Waals surface area (Å²) < 4.78 is 1.58. The third kappa shape index (κ3) is 4.62. The molecule has 158 valence electrons. The highest BCUT2D eigenvalue weighted by molar-refractivity contribution is 8.00. The minimum absolute atomic E-state index is 0.125. The van der Waals surface area contributed by atoms with Crippen LogP contribution in [0.3, 0.4) is 0 Å². The van der Waals surface area contributed by atoms with Crippen molar-refractivity contribution in [1.29, 1.82) is 0 Å². The molecule has 0 spiro atoms. The highest BCUT2D eigenvalue weighted by Gasteiger charge is 2.21. The van der Waals surface area contributed by atoms with Crippen molar-refractivity contribution in [1.82, 2.24) is 9.55 Å². The van der Waals surface area contributed by atoms with Crippen LogP contribution < -0.4 is 10.9 Å². The number of nitrogens with zero attached hydrogens (tertiary/aromatic N) is 2. The SMILES string of the molecule is C=CCn1c(SC(C)C(=O)Nc2cccc(Cl)c2)nc2scc(-c3cccs3)c2c1=O. The molecular weight excluding hydrogens is 470 g/mol. The number of carbonyl (C=O) groups excluding carboxylic acids is 1. The van der Waals surface area contributed by atoms with Crippen LogP contribution in [0, 0.1) is 0 Å². The summed E-state index contributed by atoms with van der Waals surface area (Å²) in [5, 5.41) is 7.97. The molecule has 3 heterocycles. The third-order valence-electron chi connectivity index (χ3n) is 4.50. The lowest BCUT2D eigenvalue weighted by Crippen LogP contribution is -2.26. The molecule has 0 saturated carbocycles. The highest BCUT2D eigenvalue weighted by atomic mass is 35.5. The van der Waals surface area contributed by atoms with Crippen molar-refractivity contribution in [2.45, 2.75) is 23.9 Å². The number of thioether (sulfide) groups is 1. The maximum absolute atomic E-state index is 13.4. The number of fused-ring (bicyclic) bond motifs is 1. The second-order valence-electron chi connectivity index (χ2n) is 6.67. The van der Waals surface area contributed by atoms with E-state index in [4.69, 9.17) is 16.6 Å². The standard InChI is InChI=1S/C22H18ClN3O2S3/c1-3-9-26-21(28)18-16(17-8-5-10-29-17)12-30-20(18)25-22(26)31-13(2)19(27)24-15-7-4-6-14(23)11-15/h3-8,10-13H,1,9H2,2H3,(H,24,27). The molecule has 9 heteroatoms. The van der Waals surface area contributed by atoms with Gasteiger partial charge in [-0.25, -0.2) is 4.98 Å². The van der Waals surface area contributed by atoms with Crippen LogP contribution in [-0.2, 0) is 11.3 Å². The van der Waals surface area contributed by atoms with Crippen LogP contribution in [0.25, 0.3) is 20.7 Å². The van der Waals surface area contributed by atoms with Crippen molar-refractivity contribution in [2.75, 3.05) is 5.32 Å². The van der Waals surface area contributed by atoms with E-state index in [0.29, 0.717) is 32.6 Å². The lowest BCUT2D eigenvalue weighted by molar-refractivity contribution is -0.115. The van der Waals surface area contributed by atoms with Crippen molar-refractivity contribution in [3.63, 3.8) is 0 Å². The summed E-state index contributed by atoms with van der Waals surface area (Å²) in [5.41, 5.74) is 1.39. The predicted octanol–water partition coefficient (Wildman–Crippen LogP) is 6.15. The van der Waals surface area contributed by atoms with E-state index < -0.39 is 5.25 Å². The van der Waals surface area contributed by atoms with Crippen LogP contribution >= 0.6 is 46.0 Å². The molecule has 4 rings (SSSR count). The minimum atomic E-state index is -0.476. The number of rotatable bonds is 7. The zero-order valence-electron chi connectivity index (χ0n) is 16.5. The molecule has 0 bridgehead atoms. The number of aromatic nitrogens is 2. The quantitative estimate of drug-likeness (QED) is 0.193. The highest BCUT2D eigenvalue weighted by Crippen LogP contribution is 2.35. The fraction of sp³-hybridized carbons (Fsp3) is 0.136. The Morgan fingerprint density at radius 2 is 2.19 bits per heavy atom. The smallest absolute Gasteiger partial charge is 0.263 e. The number of hydrogen-bond acceptors (Lipinski definition) is 6. The summed E-state index contributed by atoms with van der Waals surface area (Å²) >= 11 is 10.3. The summed E-state index contributed by atoms with van der Waals surface area (Å²) in [7, 11) is 0. The van der Waals surface area contributed by atoms with Gasteiger partial charge in [-0.05, 0) is 36.6 Å². The van der Waals surface area contributed by atoms with Gasteiger partial charge in [-0.2, -0.15) is 0 Å². The fourth-order valence-electron chi connectivity index (χ4n) is 3.02. The first kappa shape index (κ1) is 21.8. The number of anilines is 1. The molecule has 31 heavy (non-hydrogen) atoms. The maximum atomic E-state index is 13.4. The molecule has 1 aromatic carbocycles. The van der Waals surface area contributed by atoms with Crippen LogP contribution in [0.2, 0.25) is 5.02 Å². The largest absolute Gasteiger partial charge is 0.325 e. The molecule has 0 aliphatic heterocycles. The van der Waals surface area contributed by atoms with E-state index in [-0.39, 0.29) is 11.5 Å². The van der Waals surface area contributed by atoms with Gasteiger partial charge in [0.2, 0.25) is 5.91 Å². The summed E-state index contributed by atoms with van der Waals surface area (Å²) in [5.74, 6) is -0.197. The zero-order chi connectivity index (χ0) is 22.0. The van der Waals surface area contributed by atoms with Gasteiger partial charge in [-0.1, -0.05) is 41.6 Å². The molecule has 0 fully saturated rings. The molecule has 1 amide bonds. The Balaban J connectivity index is 1.66. The first-order valence-electron chi connectivity index (χ1n) is 9.38. The summed E-state index contributed by atoms with van der Waals surface area (Å²) in [6, 6.07) is 10.9. The second-order valence-corrected chi connectivity index (χ2v) is 10.2. The lowest BCUT2D eigenvalue weighted by Gasteiger charge is -2.15. The monoisotopic (exact) mass is 487 g/mol. The number of allylic oxidation sites excluding steroid dienone is 1. The number of carbonyl (C=O) groups is 1. The lowest BCUT2D eigenvalue weighted by atomic mass is 10.2. The van der Waals surface area contributed by atoms with E-state index in [0.717, 1.165) is 10.4 Å². The number of benzene rings is 1. The van der Waals surface area contributed by atoms with Gasteiger partial charge in [0.15, 0.2) is 5.16 Å². The Morgan fingerprint density at radius 3 is 2.90 bits per heavy atom. The van der Waals surface area contributed by atoms with Gasteiger partial charge in [0.25, 0.3) is 5.56 Å². The number of amides is 1. The van der Waals surface area contributed by atoms with E-state index in [2.05, 4.69) is 11.9 Å². The predicted molar refractivity (Wildman–Crippen MR) is 133 cm³/mol. The van der Waals surface area contributed by atoms with Gasteiger partial charge in [-0.3, -0.25) is 14.2 Å². The molecule has 0 radical (unpaired) electrons. The summed E-state index contributed by atoms with van der Waals surface area (Å²) in [6.07, 6.45) is 1.66. The molecule has 0 aliphatic rings. The van der Waals surface area contributed by atoms with Crippen LogP contribution in [0.15, 0.2) is 69.8 Å². The summed E-state index contributed by atoms with van der Waals surface area (Å²) in [4.78, 5) is 32.5. The molecule has 1 atom stereocenters. The van der Waals surface area contributed by atoms with Gasteiger partial charge in [0.1, 0.15) is 4.83 Å². The van der Waals surface area contributed by atoms with E-state index in [1.807, 2.05) is 22.9 Å². The second kappa shape index (κ2) is 9.40. The first-order chi connectivity index (χ1) is 15.0. The molecule has 0 aliphatic carbocycles. The van der Waals surface area contributed by atoms with Crippen molar-refractivity contribution >= 4 is 67.8 Å². The number of halogens is 1. The van der Waals surface area contributed by atoms with E-state index in [1.165, 1.54) is 23.1 Å². The van der Waals surface area contributed by atoms with Gasteiger partial charge in [-0.15, -0.1) is 29.3 Å². The van der Waals surface area contributed by atoms with Crippen molar-refractivity contribution in [2.24, 2.45) is 0 Å². The van der Waals surface area contributed by atoms with Crippen molar-refractivity contribution < 1.29 is 4.79 Å². The Labute approximate surface area is 196 Å². The van der Waals surface area contributed by atoms with Crippen LogP contribution in [0.4, 0.5) is 5.69 Å². The number of nitrogens with one attached hydrogen (secondary N) is 1. The Bertz CT molecular complexity index is 1310. The van der Waals surface area contributed by atoms with Crippen LogP contribution in [0.5, 0.6) is 0 Å². The molecular formula is C22H18ClN3O2S3. The Kier molecular flexibility index (Phi) is 6.62. The van der Waals surface area contributed by atoms with Crippen LogP contribution in [-0.4, -0.2) is 20.7 Å². The third-order valence-corrected chi connectivity index (χ3v) is 7.60. The molecule has 3 aromatic heterocycles. The minimum Gasteiger partial charge on any atom is -0.325 e. The Morgan fingerprint density at radius 1 is 1.35 bits per heavy atom. The zero-order valence-corrected chi connectivity index (χ0v) is 19.7. The molecule has 1 unspecified atom stereocenters. The van der Waals surface area contributed by atoms with Crippen molar-refractivity contribution in [3.8, 4) is 10.4 Å². The van der Waals surface area contributed by atoms with E-state index >= 15 is 0 Å². The molecule has 5 nitrogen and oxygen atoms in total. The maximum Gasteiger partial charge on any atom is 0.263 e. The van der Waals surface area contributed by atoms with E-state index in [9.17, 15) is 9.59 Å². The number of hydrogen-bond donors (Lipinski definition) is 1. The van der Waals surface area contributed by atoms with Crippen LogP contribution in [0.1, 0.15) is 6.92 Å². The fourth-order valence-corrected chi connectivity index (χ4v) is 5.93. The average Bonchev–Trinajstić information content (AvgIpc) is 3.40. The molecule has 1 N–H and O–H groups in total. The number of thiophene rings is 2. The Hall–Kier alpha value is -2.39. The normalized spacial score (nSPS) is 12.1. The van der Waals surface area contributed by atoms with E-state index in [1.54, 1.807) is 53.2 Å². The molecule has 0 saturated heterocycles. The van der Waals surface area contributed by atoms with Gasteiger partial charge in [0.05, 0.1) is 10.6 Å². The van der Waals surface area contributed by atoms with Gasteiger partial charge in [0, 0.05) is 33.1 Å². The topological polar surface area (TPSA) is 64.0 Å². The first-order valence-corrected chi connectivity index (χ1v) is 12.4. The van der Waals surface area contributed by atoms with Crippen molar-refractivity contribution in [3.05, 3.63) is 75.2 Å². The summed E-state index contributed by atoms with van der Waals surface area (Å²) in [6.45, 7) is 5.87.